The third-order valence-corrected chi connectivity index (χ3v) is 6.90. The number of rotatable bonds is 8. The Bertz CT molecular complexity index is 992. The summed E-state index contributed by atoms with van der Waals surface area (Å²) in [5.41, 5.74) is 2.26. The number of benzene rings is 1. The van der Waals surface area contributed by atoms with Crippen LogP contribution < -0.4 is 5.32 Å². The van der Waals surface area contributed by atoms with E-state index < -0.39 is 0 Å². The lowest BCUT2D eigenvalue weighted by atomic mass is 9.92. The van der Waals surface area contributed by atoms with Crippen molar-refractivity contribution >= 4 is 23.2 Å². The van der Waals surface area contributed by atoms with E-state index in [-0.39, 0.29) is 23.8 Å². The minimum absolute atomic E-state index is 0.114. The van der Waals surface area contributed by atoms with Gasteiger partial charge in [-0.3, -0.25) is 14.6 Å². The normalized spacial score (nSPS) is 17.0. The van der Waals surface area contributed by atoms with Gasteiger partial charge >= 0.3 is 0 Å². The fourth-order valence-corrected chi connectivity index (χ4v) is 5.02. The molecule has 2 aromatic heterocycles. The highest BCUT2D eigenvalue weighted by atomic mass is 32.1. The molecule has 32 heavy (non-hydrogen) atoms. The molecule has 3 aromatic rings. The van der Waals surface area contributed by atoms with E-state index in [0.717, 1.165) is 43.4 Å². The molecule has 0 radical (unpaired) electrons. The highest BCUT2D eigenvalue weighted by molar-refractivity contribution is 7.12. The number of nitrogens with one attached hydrogen (secondary N) is 1. The van der Waals surface area contributed by atoms with E-state index >= 15 is 0 Å². The number of pyridine rings is 1. The lowest BCUT2D eigenvalue weighted by Crippen LogP contribution is -2.50. The smallest absolute Gasteiger partial charge is 0.261 e. The molecule has 5 nitrogen and oxygen atoms in total. The molecule has 166 valence electrons. The molecule has 1 aliphatic rings. The largest absolute Gasteiger partial charge is 0.351 e. The summed E-state index contributed by atoms with van der Waals surface area (Å²) in [6.45, 7) is 1.11. The van der Waals surface area contributed by atoms with Crippen molar-refractivity contribution in [3.05, 3.63) is 88.4 Å². The van der Waals surface area contributed by atoms with Gasteiger partial charge in [-0.25, -0.2) is 0 Å². The molecular weight excluding hydrogens is 418 g/mol. The van der Waals surface area contributed by atoms with Crippen molar-refractivity contribution in [2.75, 3.05) is 13.1 Å². The predicted octanol–water partition coefficient (Wildman–Crippen LogP) is 4.36. The lowest BCUT2D eigenvalue weighted by molar-refractivity contribution is -0.139. The average Bonchev–Trinajstić information content (AvgIpc) is 3.38. The molecule has 2 amide bonds. The number of aromatic nitrogens is 1. The Hall–Kier alpha value is -2.99. The second-order valence-corrected chi connectivity index (χ2v) is 9.27. The quantitative estimate of drug-likeness (QED) is 0.558. The molecule has 1 aromatic carbocycles. The SMILES string of the molecule is O=C(NCC(Cc1ccccc1)C(=O)N1CCCCC1Cc1cccnc1)c1cccs1. The molecule has 2 atom stereocenters. The lowest BCUT2D eigenvalue weighted by Gasteiger charge is -2.38. The van der Waals surface area contributed by atoms with Gasteiger partial charge < -0.3 is 10.2 Å². The van der Waals surface area contributed by atoms with E-state index in [2.05, 4.69) is 21.3 Å². The van der Waals surface area contributed by atoms with Crippen LogP contribution in [0, 0.1) is 5.92 Å². The number of hydrogen-bond donors (Lipinski definition) is 1. The molecule has 1 fully saturated rings. The van der Waals surface area contributed by atoms with Gasteiger partial charge in [-0.2, -0.15) is 0 Å². The zero-order valence-electron chi connectivity index (χ0n) is 18.2. The first-order valence-electron chi connectivity index (χ1n) is 11.3. The van der Waals surface area contributed by atoms with Crippen LogP contribution in [0.25, 0.3) is 0 Å². The van der Waals surface area contributed by atoms with Crippen LogP contribution in [0.4, 0.5) is 0 Å². The van der Waals surface area contributed by atoms with Crippen LogP contribution in [-0.2, 0) is 17.6 Å². The highest BCUT2D eigenvalue weighted by Gasteiger charge is 2.32. The number of likely N-dealkylation sites (tertiary alicyclic amines) is 1. The van der Waals surface area contributed by atoms with Crippen LogP contribution in [0.2, 0.25) is 0 Å². The van der Waals surface area contributed by atoms with E-state index in [1.54, 1.807) is 6.20 Å². The zero-order chi connectivity index (χ0) is 22.2. The third-order valence-electron chi connectivity index (χ3n) is 6.03. The van der Waals surface area contributed by atoms with Gasteiger partial charge in [0.15, 0.2) is 0 Å². The van der Waals surface area contributed by atoms with Crippen molar-refractivity contribution in [3.8, 4) is 0 Å². The maximum atomic E-state index is 13.8. The van der Waals surface area contributed by atoms with Gasteiger partial charge in [0.05, 0.1) is 10.8 Å². The molecule has 4 rings (SSSR count). The summed E-state index contributed by atoms with van der Waals surface area (Å²) in [4.78, 5) is 33.3. The maximum absolute atomic E-state index is 13.8. The van der Waals surface area contributed by atoms with Crippen molar-refractivity contribution in [2.24, 2.45) is 5.92 Å². The number of amides is 2. The number of carbonyl (C=O) groups is 2. The van der Waals surface area contributed by atoms with Crippen molar-refractivity contribution in [2.45, 2.75) is 38.1 Å². The average molecular weight is 448 g/mol. The molecule has 0 saturated carbocycles. The number of nitrogens with zero attached hydrogens (tertiary/aromatic N) is 2. The van der Waals surface area contributed by atoms with Crippen molar-refractivity contribution in [1.82, 2.24) is 15.2 Å². The van der Waals surface area contributed by atoms with E-state index in [0.29, 0.717) is 17.8 Å². The van der Waals surface area contributed by atoms with Gasteiger partial charge in [0.25, 0.3) is 5.91 Å². The summed E-state index contributed by atoms with van der Waals surface area (Å²) < 4.78 is 0. The zero-order valence-corrected chi connectivity index (χ0v) is 19.0. The first kappa shape index (κ1) is 22.2. The van der Waals surface area contributed by atoms with Gasteiger partial charge in [0.2, 0.25) is 5.91 Å². The van der Waals surface area contributed by atoms with Crippen LogP contribution in [0.1, 0.15) is 40.1 Å². The van der Waals surface area contributed by atoms with Crippen molar-refractivity contribution in [1.29, 1.82) is 0 Å². The van der Waals surface area contributed by atoms with Gasteiger partial charge in [0, 0.05) is 31.5 Å². The topological polar surface area (TPSA) is 62.3 Å². The van der Waals surface area contributed by atoms with Gasteiger partial charge in [0.1, 0.15) is 0 Å². The molecular formula is C26H29N3O2S. The van der Waals surface area contributed by atoms with Gasteiger partial charge in [-0.05, 0) is 60.7 Å². The Morgan fingerprint density at radius 2 is 1.91 bits per heavy atom. The highest BCUT2D eigenvalue weighted by Crippen LogP contribution is 2.24. The number of piperidine rings is 1. The monoisotopic (exact) mass is 447 g/mol. The molecule has 0 spiro atoms. The maximum Gasteiger partial charge on any atom is 0.261 e. The van der Waals surface area contributed by atoms with E-state index in [9.17, 15) is 9.59 Å². The summed E-state index contributed by atoms with van der Waals surface area (Å²) >= 11 is 1.41. The van der Waals surface area contributed by atoms with Gasteiger partial charge in [-0.15, -0.1) is 11.3 Å². The molecule has 1 aliphatic heterocycles. The molecule has 2 unspecified atom stereocenters. The van der Waals surface area contributed by atoms with Crippen LogP contribution in [0.15, 0.2) is 72.4 Å². The summed E-state index contributed by atoms with van der Waals surface area (Å²) in [5, 5.41) is 4.89. The summed E-state index contributed by atoms with van der Waals surface area (Å²) in [6.07, 6.45) is 8.25. The Balaban J connectivity index is 1.49. The predicted molar refractivity (Wildman–Crippen MR) is 128 cm³/mol. The molecule has 6 heteroatoms. The number of carbonyl (C=O) groups excluding carboxylic acids is 2. The standard InChI is InChI=1S/C26H29N3O2S/c30-25(24-12-7-15-32-24)28-19-22(16-20-8-2-1-3-9-20)26(31)29-14-5-4-11-23(29)17-21-10-6-13-27-18-21/h1-3,6-10,12-13,15,18,22-23H,4-5,11,14,16-17,19H2,(H,28,30). The fourth-order valence-electron chi connectivity index (χ4n) is 4.38. The Labute approximate surface area is 193 Å². The molecule has 3 heterocycles. The summed E-state index contributed by atoms with van der Waals surface area (Å²) in [6, 6.07) is 17.9. The van der Waals surface area contributed by atoms with Crippen LogP contribution in [0.5, 0.6) is 0 Å². The van der Waals surface area contributed by atoms with Gasteiger partial charge in [-0.1, -0.05) is 42.5 Å². The molecule has 0 aliphatic carbocycles. The van der Waals surface area contributed by atoms with E-state index in [1.807, 2.05) is 60.1 Å². The minimum atomic E-state index is -0.296. The molecule has 0 bridgehead atoms. The van der Waals surface area contributed by atoms with Crippen LogP contribution >= 0.6 is 11.3 Å². The molecule has 1 N–H and O–H groups in total. The first-order valence-corrected chi connectivity index (χ1v) is 12.1. The minimum Gasteiger partial charge on any atom is -0.351 e. The van der Waals surface area contributed by atoms with E-state index in [4.69, 9.17) is 0 Å². The molecule has 1 saturated heterocycles. The number of hydrogen-bond acceptors (Lipinski definition) is 4. The Morgan fingerprint density at radius 3 is 2.66 bits per heavy atom. The fraction of sp³-hybridized carbons (Fsp3) is 0.346. The second-order valence-electron chi connectivity index (χ2n) is 8.32. The summed E-state index contributed by atoms with van der Waals surface area (Å²) in [5.74, 6) is -0.277. The second kappa shape index (κ2) is 11.0. The van der Waals surface area contributed by atoms with Crippen LogP contribution in [0.3, 0.4) is 0 Å². The van der Waals surface area contributed by atoms with Crippen molar-refractivity contribution in [3.63, 3.8) is 0 Å². The Kier molecular flexibility index (Phi) is 7.67. The van der Waals surface area contributed by atoms with E-state index in [1.165, 1.54) is 11.3 Å². The first-order chi connectivity index (χ1) is 15.7. The Morgan fingerprint density at radius 1 is 1.06 bits per heavy atom. The van der Waals surface area contributed by atoms with Crippen molar-refractivity contribution < 1.29 is 9.59 Å². The number of thiophene rings is 1. The summed E-state index contributed by atoms with van der Waals surface area (Å²) in [7, 11) is 0. The third kappa shape index (κ3) is 5.82. The van der Waals surface area contributed by atoms with Crippen LogP contribution in [-0.4, -0.2) is 40.8 Å².